The highest BCUT2D eigenvalue weighted by atomic mass is 16.5. The maximum absolute atomic E-state index is 12.3. The second-order valence-electron chi connectivity index (χ2n) is 5.46. The molecule has 1 aromatic rings. The van der Waals surface area contributed by atoms with Crippen LogP contribution >= 0.6 is 0 Å². The van der Waals surface area contributed by atoms with Gasteiger partial charge in [-0.05, 0) is 20.8 Å². The van der Waals surface area contributed by atoms with Gasteiger partial charge >= 0.3 is 5.97 Å². The summed E-state index contributed by atoms with van der Waals surface area (Å²) in [6.07, 6.45) is -2.21. The van der Waals surface area contributed by atoms with Crippen LogP contribution in [0, 0.1) is 11.8 Å². The topological polar surface area (TPSA) is 70.0 Å². The molecule has 0 bridgehead atoms. The van der Waals surface area contributed by atoms with Crippen LogP contribution in [0.25, 0.3) is 0 Å². The Kier molecular flexibility index (Phi) is 5.19. The minimum atomic E-state index is -1.06. The molecule has 1 heterocycles. The van der Waals surface area contributed by atoms with E-state index < -0.39 is 24.5 Å². The lowest BCUT2D eigenvalue weighted by Gasteiger charge is -2.31. The highest BCUT2D eigenvalue weighted by Crippen LogP contribution is 2.41. The van der Waals surface area contributed by atoms with Gasteiger partial charge in [0.05, 0.1) is 6.10 Å². The van der Waals surface area contributed by atoms with Crippen molar-refractivity contribution in [1.82, 2.24) is 4.90 Å². The van der Waals surface area contributed by atoms with E-state index in [9.17, 15) is 15.0 Å². The number of hydrogen-bond acceptors (Lipinski definition) is 5. The Bertz CT molecular complexity index is 573. The molecule has 3 atom stereocenters. The average Bonchev–Trinajstić information content (AvgIpc) is 2.72. The van der Waals surface area contributed by atoms with Crippen molar-refractivity contribution in [2.24, 2.45) is 0 Å². The molecule has 5 heteroatoms. The zero-order valence-electron chi connectivity index (χ0n) is 13.0. The summed E-state index contributed by atoms with van der Waals surface area (Å²) >= 11 is 0. The van der Waals surface area contributed by atoms with Crippen molar-refractivity contribution < 1.29 is 19.7 Å². The molecule has 0 saturated carbocycles. The number of rotatable bonds is 4. The van der Waals surface area contributed by atoms with Gasteiger partial charge in [0, 0.05) is 17.5 Å². The van der Waals surface area contributed by atoms with Gasteiger partial charge < -0.3 is 14.9 Å². The van der Waals surface area contributed by atoms with Gasteiger partial charge in [-0.1, -0.05) is 24.3 Å². The van der Waals surface area contributed by atoms with Crippen LogP contribution in [0.3, 0.4) is 0 Å². The molecule has 0 aromatic heterocycles. The summed E-state index contributed by atoms with van der Waals surface area (Å²) in [4.78, 5) is 13.7. The predicted octanol–water partition coefficient (Wildman–Crippen LogP) is 1.72. The van der Waals surface area contributed by atoms with Crippen molar-refractivity contribution in [2.75, 3.05) is 0 Å². The van der Waals surface area contributed by atoms with Crippen molar-refractivity contribution in [3.8, 4) is 11.8 Å². The molecule has 0 spiro atoms. The molecule has 2 rings (SSSR count). The van der Waals surface area contributed by atoms with Crippen molar-refractivity contribution >= 4 is 5.97 Å². The second-order valence-corrected chi connectivity index (χ2v) is 5.46. The van der Waals surface area contributed by atoms with E-state index in [1.54, 1.807) is 45.0 Å². The van der Waals surface area contributed by atoms with Crippen LogP contribution in [0.4, 0.5) is 0 Å². The number of aliphatic hydroxyl groups is 2. The first-order chi connectivity index (χ1) is 10.5. The molecule has 0 saturated heterocycles. The minimum Gasteiger partial charge on any atom is -0.462 e. The fourth-order valence-electron chi connectivity index (χ4n) is 2.60. The summed E-state index contributed by atoms with van der Waals surface area (Å²) in [5.41, 5.74) is 1.20. The van der Waals surface area contributed by atoms with Crippen LogP contribution in [0.5, 0.6) is 0 Å². The first-order valence-electron chi connectivity index (χ1n) is 7.29. The molecule has 0 aliphatic carbocycles. The van der Waals surface area contributed by atoms with Crippen LogP contribution in [-0.4, -0.2) is 33.2 Å². The number of nitrogens with zero attached hydrogens (tertiary/aromatic N) is 1. The SMILES string of the molecule is CC#CC[C@@H](C(=O)OC(C)C)N1[C@@H](O)c2ccccc2[C@@H]1O. The highest BCUT2D eigenvalue weighted by Gasteiger charge is 2.43. The molecular weight excluding hydrogens is 282 g/mol. The summed E-state index contributed by atoms with van der Waals surface area (Å²) in [7, 11) is 0. The highest BCUT2D eigenvalue weighted by molar-refractivity contribution is 5.76. The Labute approximate surface area is 130 Å². The summed E-state index contributed by atoms with van der Waals surface area (Å²) in [6, 6.07) is 6.21. The lowest BCUT2D eigenvalue weighted by molar-refractivity contribution is -0.170. The molecule has 0 fully saturated rings. The molecule has 0 amide bonds. The van der Waals surface area contributed by atoms with Gasteiger partial charge in [-0.25, -0.2) is 4.90 Å². The van der Waals surface area contributed by atoms with E-state index in [1.807, 2.05) is 0 Å². The number of carbonyl (C=O) groups is 1. The Morgan fingerprint density at radius 1 is 1.27 bits per heavy atom. The van der Waals surface area contributed by atoms with E-state index in [-0.39, 0.29) is 12.5 Å². The van der Waals surface area contributed by atoms with Gasteiger partial charge in [0.25, 0.3) is 0 Å². The van der Waals surface area contributed by atoms with Crippen LogP contribution in [0.15, 0.2) is 24.3 Å². The largest absolute Gasteiger partial charge is 0.462 e. The second kappa shape index (κ2) is 6.93. The quantitative estimate of drug-likeness (QED) is 0.655. The summed E-state index contributed by atoms with van der Waals surface area (Å²) in [5.74, 6) is 5.07. The van der Waals surface area contributed by atoms with E-state index in [2.05, 4.69) is 11.8 Å². The lowest BCUT2D eigenvalue weighted by Crippen LogP contribution is -2.43. The molecule has 22 heavy (non-hydrogen) atoms. The van der Waals surface area contributed by atoms with Crippen molar-refractivity contribution in [3.63, 3.8) is 0 Å². The summed E-state index contributed by atoms with van der Waals surface area (Å²) in [5, 5.41) is 20.9. The normalized spacial score (nSPS) is 21.9. The number of benzene rings is 1. The molecule has 5 nitrogen and oxygen atoms in total. The van der Waals surface area contributed by atoms with E-state index in [0.29, 0.717) is 11.1 Å². The van der Waals surface area contributed by atoms with E-state index >= 15 is 0 Å². The number of aliphatic hydroxyl groups excluding tert-OH is 2. The Morgan fingerprint density at radius 2 is 1.82 bits per heavy atom. The third-order valence-corrected chi connectivity index (χ3v) is 3.57. The first kappa shape index (κ1) is 16.5. The fourth-order valence-corrected chi connectivity index (χ4v) is 2.60. The molecule has 1 aliphatic heterocycles. The van der Waals surface area contributed by atoms with Gasteiger partial charge in [0.1, 0.15) is 18.5 Å². The summed E-state index contributed by atoms with van der Waals surface area (Å²) in [6.45, 7) is 5.19. The monoisotopic (exact) mass is 303 g/mol. The molecule has 2 N–H and O–H groups in total. The van der Waals surface area contributed by atoms with Gasteiger partial charge in [-0.2, -0.15) is 0 Å². The Morgan fingerprint density at radius 3 is 2.27 bits per heavy atom. The van der Waals surface area contributed by atoms with E-state index in [4.69, 9.17) is 4.74 Å². The van der Waals surface area contributed by atoms with Crippen LogP contribution in [0.2, 0.25) is 0 Å². The summed E-state index contributed by atoms with van der Waals surface area (Å²) < 4.78 is 5.25. The van der Waals surface area contributed by atoms with Gasteiger partial charge in [0.15, 0.2) is 0 Å². The molecular formula is C17H21NO4. The zero-order chi connectivity index (χ0) is 16.3. The van der Waals surface area contributed by atoms with Crippen LogP contribution < -0.4 is 0 Å². The molecule has 0 unspecified atom stereocenters. The van der Waals surface area contributed by atoms with Gasteiger partial charge in [-0.3, -0.25) is 4.79 Å². The number of ether oxygens (including phenoxy) is 1. The predicted molar refractivity (Wildman–Crippen MR) is 81.3 cm³/mol. The number of hydrogen-bond donors (Lipinski definition) is 2. The first-order valence-corrected chi connectivity index (χ1v) is 7.29. The number of esters is 1. The molecule has 1 aliphatic rings. The Balaban J connectivity index is 2.31. The number of carbonyl (C=O) groups excluding carboxylic acids is 1. The smallest absolute Gasteiger partial charge is 0.324 e. The van der Waals surface area contributed by atoms with Gasteiger partial charge in [-0.15, -0.1) is 11.8 Å². The van der Waals surface area contributed by atoms with Crippen molar-refractivity contribution in [2.45, 2.75) is 51.8 Å². The molecule has 1 aromatic carbocycles. The van der Waals surface area contributed by atoms with E-state index in [0.717, 1.165) is 0 Å². The standard InChI is InChI=1S/C17H21NO4/c1-4-5-10-14(17(21)22-11(2)3)18-15(19)12-8-6-7-9-13(12)16(18)20/h6-9,11,14-16,19-20H,10H2,1-3H3/t14-,15-,16-/m0/s1. The maximum Gasteiger partial charge on any atom is 0.324 e. The number of fused-ring (bicyclic) bond motifs is 1. The maximum atomic E-state index is 12.3. The minimum absolute atomic E-state index is 0.185. The van der Waals surface area contributed by atoms with Crippen LogP contribution in [-0.2, 0) is 9.53 Å². The lowest BCUT2D eigenvalue weighted by atomic mass is 10.1. The van der Waals surface area contributed by atoms with Crippen molar-refractivity contribution in [3.05, 3.63) is 35.4 Å². The fraction of sp³-hybridized carbons (Fsp3) is 0.471. The van der Waals surface area contributed by atoms with E-state index in [1.165, 1.54) is 4.90 Å². The van der Waals surface area contributed by atoms with Crippen molar-refractivity contribution in [1.29, 1.82) is 0 Å². The molecule has 118 valence electrons. The Hall–Kier alpha value is -1.87. The zero-order valence-corrected chi connectivity index (χ0v) is 13.0. The third kappa shape index (κ3) is 3.14. The molecule has 0 radical (unpaired) electrons. The third-order valence-electron chi connectivity index (χ3n) is 3.57. The van der Waals surface area contributed by atoms with Gasteiger partial charge in [0.2, 0.25) is 0 Å². The van der Waals surface area contributed by atoms with Crippen LogP contribution in [0.1, 0.15) is 50.8 Å². The average molecular weight is 303 g/mol.